The van der Waals surface area contributed by atoms with E-state index in [1.54, 1.807) is 55.6 Å². The Balaban J connectivity index is 2.00. The number of aromatic nitrogens is 2. The monoisotopic (exact) mass is 405 g/mol. The first kappa shape index (κ1) is 19.8. The Kier molecular flexibility index (Phi) is 5.33. The van der Waals surface area contributed by atoms with Crippen LogP contribution in [0.25, 0.3) is 17.1 Å². The summed E-state index contributed by atoms with van der Waals surface area (Å²) in [6.07, 6.45) is 1.65. The van der Waals surface area contributed by atoms with E-state index < -0.39 is 17.5 Å². The molecule has 0 amide bonds. The SMILES string of the molecule is COC(=O)c1ccn2c(NCC(=O)OC(C)(C)C)c(-c3ccc(Cl)o3)nc2c1. The zero-order chi connectivity index (χ0) is 20.5. The van der Waals surface area contributed by atoms with Crippen LogP contribution in [0.2, 0.25) is 5.22 Å². The van der Waals surface area contributed by atoms with Crippen LogP contribution in [-0.4, -0.2) is 40.6 Å². The van der Waals surface area contributed by atoms with Crippen LogP contribution in [0.3, 0.4) is 0 Å². The van der Waals surface area contributed by atoms with Gasteiger partial charge in [0.1, 0.15) is 29.3 Å². The zero-order valence-electron chi connectivity index (χ0n) is 15.9. The molecule has 9 heteroatoms. The minimum atomic E-state index is -0.592. The molecular weight excluding hydrogens is 386 g/mol. The van der Waals surface area contributed by atoms with Crippen molar-refractivity contribution in [1.29, 1.82) is 0 Å². The second-order valence-corrected chi connectivity index (χ2v) is 7.36. The molecule has 0 saturated carbocycles. The Morgan fingerprint density at radius 2 is 2.04 bits per heavy atom. The molecule has 0 atom stereocenters. The Morgan fingerprint density at radius 3 is 2.64 bits per heavy atom. The summed E-state index contributed by atoms with van der Waals surface area (Å²) in [5.41, 5.74) is 0.669. The molecule has 0 aromatic carbocycles. The summed E-state index contributed by atoms with van der Waals surface area (Å²) >= 11 is 5.89. The van der Waals surface area contributed by atoms with Gasteiger partial charge in [0.15, 0.2) is 11.0 Å². The van der Waals surface area contributed by atoms with Gasteiger partial charge in [0.05, 0.1) is 12.7 Å². The fourth-order valence-corrected chi connectivity index (χ4v) is 2.75. The normalized spacial score (nSPS) is 11.5. The number of anilines is 1. The van der Waals surface area contributed by atoms with Crippen molar-refractivity contribution in [1.82, 2.24) is 9.38 Å². The summed E-state index contributed by atoms with van der Waals surface area (Å²) in [5.74, 6) is 0.0247. The summed E-state index contributed by atoms with van der Waals surface area (Å²) in [6, 6.07) is 6.44. The van der Waals surface area contributed by atoms with Crippen molar-refractivity contribution in [2.45, 2.75) is 26.4 Å². The number of hydrogen-bond acceptors (Lipinski definition) is 7. The van der Waals surface area contributed by atoms with Gasteiger partial charge in [-0.15, -0.1) is 0 Å². The highest BCUT2D eigenvalue weighted by Gasteiger charge is 2.21. The lowest BCUT2D eigenvalue weighted by molar-refractivity contribution is -0.152. The number of nitrogens with zero attached hydrogens (tertiary/aromatic N) is 2. The zero-order valence-corrected chi connectivity index (χ0v) is 16.7. The second-order valence-electron chi connectivity index (χ2n) is 6.99. The number of esters is 2. The quantitative estimate of drug-likeness (QED) is 0.645. The number of imidazole rings is 1. The summed E-state index contributed by atoms with van der Waals surface area (Å²) in [6.45, 7) is 5.31. The maximum absolute atomic E-state index is 12.1. The number of carbonyl (C=O) groups excluding carboxylic acids is 2. The molecule has 3 aromatic heterocycles. The highest BCUT2D eigenvalue weighted by Crippen LogP contribution is 2.31. The van der Waals surface area contributed by atoms with E-state index >= 15 is 0 Å². The van der Waals surface area contributed by atoms with Crippen molar-refractivity contribution in [3.05, 3.63) is 41.2 Å². The van der Waals surface area contributed by atoms with Crippen molar-refractivity contribution >= 4 is 35.0 Å². The van der Waals surface area contributed by atoms with Gasteiger partial charge >= 0.3 is 11.9 Å². The van der Waals surface area contributed by atoms with E-state index in [0.717, 1.165) is 0 Å². The number of fused-ring (bicyclic) bond motifs is 1. The number of nitrogens with one attached hydrogen (secondary N) is 1. The number of hydrogen-bond donors (Lipinski definition) is 1. The van der Waals surface area contributed by atoms with Crippen LogP contribution in [0.1, 0.15) is 31.1 Å². The molecule has 0 saturated heterocycles. The molecule has 0 bridgehead atoms. The van der Waals surface area contributed by atoms with Gasteiger partial charge in [0, 0.05) is 6.20 Å². The standard InChI is InChI=1S/C19H20ClN3O5/c1-19(2,3)28-15(24)10-21-17-16(12-5-6-13(20)27-12)22-14-9-11(18(25)26-4)7-8-23(14)17/h5-9,21H,10H2,1-4H3. The Bertz CT molecular complexity index is 1030. The van der Waals surface area contributed by atoms with E-state index in [1.165, 1.54) is 7.11 Å². The van der Waals surface area contributed by atoms with Crippen LogP contribution in [0.4, 0.5) is 5.82 Å². The Hall–Kier alpha value is -3.00. The molecule has 0 fully saturated rings. The third-order valence-electron chi connectivity index (χ3n) is 3.67. The van der Waals surface area contributed by atoms with E-state index in [2.05, 4.69) is 10.3 Å². The third-order valence-corrected chi connectivity index (χ3v) is 3.88. The highest BCUT2D eigenvalue weighted by atomic mass is 35.5. The van der Waals surface area contributed by atoms with Gasteiger partial charge in [-0.25, -0.2) is 9.78 Å². The van der Waals surface area contributed by atoms with Crippen LogP contribution in [-0.2, 0) is 14.3 Å². The first-order chi connectivity index (χ1) is 13.2. The van der Waals surface area contributed by atoms with Gasteiger partial charge in [0.2, 0.25) is 0 Å². The molecule has 148 valence electrons. The topological polar surface area (TPSA) is 95.1 Å². The minimum absolute atomic E-state index is 0.0781. The first-order valence-electron chi connectivity index (χ1n) is 8.50. The van der Waals surface area contributed by atoms with Gasteiger partial charge in [-0.3, -0.25) is 9.20 Å². The molecule has 0 aliphatic rings. The molecule has 0 aliphatic heterocycles. The van der Waals surface area contributed by atoms with E-state index in [-0.39, 0.29) is 11.8 Å². The van der Waals surface area contributed by atoms with Gasteiger partial charge in [-0.2, -0.15) is 0 Å². The molecule has 0 aliphatic carbocycles. The average molecular weight is 406 g/mol. The fraction of sp³-hybridized carbons (Fsp3) is 0.316. The van der Waals surface area contributed by atoms with Crippen LogP contribution in [0.5, 0.6) is 0 Å². The lowest BCUT2D eigenvalue weighted by atomic mass is 10.2. The van der Waals surface area contributed by atoms with Crippen molar-refractivity contribution in [3.63, 3.8) is 0 Å². The predicted octanol–water partition coefficient (Wildman–Crippen LogP) is 3.79. The summed E-state index contributed by atoms with van der Waals surface area (Å²) in [5, 5.41) is 3.24. The van der Waals surface area contributed by atoms with Crippen LogP contribution in [0.15, 0.2) is 34.9 Å². The molecule has 1 N–H and O–H groups in total. The van der Waals surface area contributed by atoms with Gasteiger partial charge in [0.25, 0.3) is 0 Å². The number of carbonyl (C=O) groups is 2. The molecule has 28 heavy (non-hydrogen) atoms. The summed E-state index contributed by atoms with van der Waals surface area (Å²) in [7, 11) is 1.31. The summed E-state index contributed by atoms with van der Waals surface area (Å²) < 4.78 is 17.2. The molecule has 0 spiro atoms. The van der Waals surface area contributed by atoms with Crippen molar-refractivity contribution in [2.24, 2.45) is 0 Å². The van der Waals surface area contributed by atoms with Crippen molar-refractivity contribution in [2.75, 3.05) is 19.0 Å². The maximum atomic E-state index is 12.1. The number of furan rings is 1. The minimum Gasteiger partial charge on any atom is -0.465 e. The number of pyridine rings is 1. The highest BCUT2D eigenvalue weighted by molar-refractivity contribution is 6.29. The molecule has 0 unspecified atom stereocenters. The van der Waals surface area contributed by atoms with E-state index in [4.69, 9.17) is 25.5 Å². The maximum Gasteiger partial charge on any atom is 0.338 e. The van der Waals surface area contributed by atoms with Gasteiger partial charge in [-0.1, -0.05) is 0 Å². The largest absolute Gasteiger partial charge is 0.465 e. The second kappa shape index (κ2) is 7.55. The van der Waals surface area contributed by atoms with Crippen LogP contribution < -0.4 is 5.32 Å². The van der Waals surface area contributed by atoms with Crippen molar-refractivity contribution in [3.8, 4) is 11.5 Å². The lowest BCUT2D eigenvalue weighted by Crippen LogP contribution is -2.28. The molecule has 3 rings (SSSR count). The number of halogens is 1. The lowest BCUT2D eigenvalue weighted by Gasteiger charge is -2.19. The van der Waals surface area contributed by atoms with Gasteiger partial charge < -0.3 is 19.2 Å². The number of ether oxygens (including phenoxy) is 2. The van der Waals surface area contributed by atoms with Crippen LogP contribution in [0, 0.1) is 0 Å². The van der Waals surface area contributed by atoms with E-state index in [0.29, 0.717) is 28.5 Å². The first-order valence-corrected chi connectivity index (χ1v) is 8.87. The fourth-order valence-electron chi connectivity index (χ4n) is 2.61. The molecule has 8 nitrogen and oxygen atoms in total. The predicted molar refractivity (Wildman–Crippen MR) is 104 cm³/mol. The third kappa shape index (κ3) is 4.28. The van der Waals surface area contributed by atoms with Gasteiger partial charge in [-0.05, 0) is 56.6 Å². The average Bonchev–Trinajstić information content (AvgIpc) is 3.20. The number of methoxy groups -OCH3 is 1. The van der Waals surface area contributed by atoms with E-state index in [1.807, 2.05) is 0 Å². The molecule has 3 aromatic rings. The molecular formula is C19H20ClN3O5. The smallest absolute Gasteiger partial charge is 0.338 e. The van der Waals surface area contributed by atoms with Crippen molar-refractivity contribution < 1.29 is 23.5 Å². The van der Waals surface area contributed by atoms with E-state index in [9.17, 15) is 9.59 Å². The molecule has 0 radical (unpaired) electrons. The molecule has 3 heterocycles. The Morgan fingerprint density at radius 1 is 1.29 bits per heavy atom. The summed E-state index contributed by atoms with van der Waals surface area (Å²) in [4.78, 5) is 28.4. The Labute approximate surface area is 166 Å². The number of rotatable bonds is 5. The van der Waals surface area contributed by atoms with Crippen LogP contribution >= 0.6 is 11.6 Å².